The van der Waals surface area contributed by atoms with Gasteiger partial charge in [0.25, 0.3) is 0 Å². The van der Waals surface area contributed by atoms with Crippen LogP contribution in [-0.4, -0.2) is 43.9 Å². The molecule has 5 nitrogen and oxygen atoms in total. The van der Waals surface area contributed by atoms with Gasteiger partial charge in [0.15, 0.2) is 0 Å². The molecule has 2 saturated heterocycles. The van der Waals surface area contributed by atoms with Crippen LogP contribution in [0.2, 0.25) is 0 Å². The number of rotatable bonds is 3. The average Bonchev–Trinajstić information content (AvgIpc) is 2.89. The minimum absolute atomic E-state index is 0.0426. The Morgan fingerprint density at radius 2 is 1.82 bits per heavy atom. The summed E-state index contributed by atoms with van der Waals surface area (Å²) in [5.41, 5.74) is 1.23. The third-order valence-electron chi connectivity index (χ3n) is 4.55. The number of ether oxygens (including phenoxy) is 1. The van der Waals surface area contributed by atoms with E-state index in [9.17, 15) is 4.79 Å². The monoisotopic (exact) mass is 303 g/mol. The smallest absolute Gasteiger partial charge is 0.315 e. The molecule has 2 heterocycles. The summed E-state index contributed by atoms with van der Waals surface area (Å²) >= 11 is 0. The van der Waals surface area contributed by atoms with E-state index in [0.29, 0.717) is 6.04 Å². The number of hydrogen-bond donors (Lipinski definition) is 2. The molecule has 1 aromatic carbocycles. The fourth-order valence-electron chi connectivity index (χ4n) is 3.37. The first kappa shape index (κ1) is 15.2. The Morgan fingerprint density at radius 3 is 2.55 bits per heavy atom. The Bertz CT molecular complexity index is 488. The highest BCUT2D eigenvalue weighted by atomic mass is 16.5. The van der Waals surface area contributed by atoms with Crippen LogP contribution in [0.5, 0.6) is 0 Å². The summed E-state index contributed by atoms with van der Waals surface area (Å²) in [6.45, 7) is 4.57. The van der Waals surface area contributed by atoms with Gasteiger partial charge >= 0.3 is 6.03 Å². The zero-order valence-electron chi connectivity index (χ0n) is 13.1. The average molecular weight is 303 g/mol. The molecular weight excluding hydrogens is 278 g/mol. The lowest BCUT2D eigenvalue weighted by Gasteiger charge is -2.25. The SMILES string of the molecule is C[C@@H]1C[C@H](NC(=O)NC2CCOCC2)CN1c1ccccc1. The standard InChI is InChI=1S/C17H25N3O2/c1-13-11-15(12-20(13)16-5-3-2-4-6-16)19-17(21)18-14-7-9-22-10-8-14/h2-6,13-15H,7-12H2,1H3,(H2,18,19,21)/t13-,15+/m1/s1. The van der Waals surface area contributed by atoms with Crippen LogP contribution in [0, 0.1) is 0 Å². The molecular formula is C17H25N3O2. The molecule has 22 heavy (non-hydrogen) atoms. The van der Waals surface area contributed by atoms with Crippen molar-refractivity contribution < 1.29 is 9.53 Å². The number of benzene rings is 1. The molecule has 0 unspecified atom stereocenters. The summed E-state index contributed by atoms with van der Waals surface area (Å²) < 4.78 is 5.31. The van der Waals surface area contributed by atoms with Gasteiger partial charge in [-0.25, -0.2) is 4.79 Å². The fourth-order valence-corrected chi connectivity index (χ4v) is 3.37. The van der Waals surface area contributed by atoms with Crippen LogP contribution in [0.25, 0.3) is 0 Å². The highest BCUT2D eigenvalue weighted by Gasteiger charge is 2.30. The Kier molecular flexibility index (Phi) is 4.83. The van der Waals surface area contributed by atoms with Crippen molar-refractivity contribution in [1.82, 2.24) is 10.6 Å². The lowest BCUT2D eigenvalue weighted by molar-refractivity contribution is 0.0800. The number of para-hydroxylation sites is 1. The second-order valence-corrected chi connectivity index (χ2v) is 6.27. The summed E-state index contributed by atoms with van der Waals surface area (Å²) in [7, 11) is 0. The van der Waals surface area contributed by atoms with Crippen molar-refractivity contribution >= 4 is 11.7 Å². The molecule has 0 bridgehead atoms. The number of amides is 2. The van der Waals surface area contributed by atoms with Crippen LogP contribution in [0.4, 0.5) is 10.5 Å². The van der Waals surface area contributed by atoms with E-state index in [1.807, 2.05) is 6.07 Å². The first-order valence-electron chi connectivity index (χ1n) is 8.19. The van der Waals surface area contributed by atoms with Gasteiger partial charge in [-0.1, -0.05) is 18.2 Å². The molecule has 120 valence electrons. The van der Waals surface area contributed by atoms with Crippen molar-refractivity contribution in [2.45, 2.75) is 44.3 Å². The van der Waals surface area contributed by atoms with Crippen molar-refractivity contribution in [1.29, 1.82) is 0 Å². The van der Waals surface area contributed by atoms with Gasteiger partial charge in [0.05, 0.1) is 6.04 Å². The largest absolute Gasteiger partial charge is 0.381 e. The Hall–Kier alpha value is -1.75. The lowest BCUT2D eigenvalue weighted by Crippen LogP contribution is -2.48. The Balaban J connectivity index is 1.50. The molecule has 2 N–H and O–H groups in total. The maximum absolute atomic E-state index is 12.1. The van der Waals surface area contributed by atoms with E-state index in [-0.39, 0.29) is 18.1 Å². The molecule has 5 heteroatoms. The number of hydrogen-bond acceptors (Lipinski definition) is 3. The fraction of sp³-hybridized carbons (Fsp3) is 0.588. The van der Waals surface area contributed by atoms with Crippen molar-refractivity contribution in [2.24, 2.45) is 0 Å². The van der Waals surface area contributed by atoms with Gasteiger partial charge < -0.3 is 20.3 Å². The molecule has 0 radical (unpaired) electrons. The summed E-state index contributed by atoms with van der Waals surface area (Å²) in [4.78, 5) is 14.5. The molecule has 2 aliphatic rings. The second-order valence-electron chi connectivity index (χ2n) is 6.27. The minimum atomic E-state index is -0.0426. The van der Waals surface area contributed by atoms with Gasteiger partial charge in [-0.05, 0) is 38.3 Å². The Morgan fingerprint density at radius 1 is 1.14 bits per heavy atom. The maximum Gasteiger partial charge on any atom is 0.315 e. The number of carbonyl (C=O) groups excluding carboxylic acids is 1. The zero-order valence-corrected chi connectivity index (χ0v) is 13.1. The van der Waals surface area contributed by atoms with Crippen molar-refractivity contribution in [3.8, 4) is 0 Å². The van der Waals surface area contributed by atoms with E-state index in [2.05, 4.69) is 46.7 Å². The summed E-state index contributed by atoms with van der Waals surface area (Å²) in [6, 6.07) is 11.2. The minimum Gasteiger partial charge on any atom is -0.381 e. The van der Waals surface area contributed by atoms with Crippen molar-refractivity contribution in [3.63, 3.8) is 0 Å². The molecule has 2 atom stereocenters. The van der Waals surface area contributed by atoms with Gasteiger partial charge in [-0.2, -0.15) is 0 Å². The van der Waals surface area contributed by atoms with E-state index in [1.165, 1.54) is 5.69 Å². The van der Waals surface area contributed by atoms with Gasteiger partial charge in [0.1, 0.15) is 0 Å². The topological polar surface area (TPSA) is 53.6 Å². The van der Waals surface area contributed by atoms with Gasteiger partial charge in [0.2, 0.25) is 0 Å². The van der Waals surface area contributed by atoms with Crippen molar-refractivity contribution in [2.75, 3.05) is 24.7 Å². The van der Waals surface area contributed by atoms with Gasteiger partial charge in [-0.15, -0.1) is 0 Å². The van der Waals surface area contributed by atoms with E-state index in [1.54, 1.807) is 0 Å². The Labute approximate surface area is 132 Å². The van der Waals surface area contributed by atoms with Gasteiger partial charge in [-0.3, -0.25) is 0 Å². The third kappa shape index (κ3) is 3.71. The number of nitrogens with zero attached hydrogens (tertiary/aromatic N) is 1. The second kappa shape index (κ2) is 7.01. The number of anilines is 1. The first-order chi connectivity index (χ1) is 10.7. The molecule has 0 aromatic heterocycles. The van der Waals surface area contributed by atoms with Gasteiger partial charge in [0, 0.05) is 37.5 Å². The highest BCUT2D eigenvalue weighted by Crippen LogP contribution is 2.25. The first-order valence-corrected chi connectivity index (χ1v) is 8.19. The summed E-state index contributed by atoms with van der Waals surface area (Å²) in [6.07, 6.45) is 2.80. The normalized spacial score (nSPS) is 26.0. The number of carbonyl (C=O) groups is 1. The molecule has 0 aliphatic carbocycles. The predicted octanol–water partition coefficient (Wildman–Crippen LogP) is 2.13. The lowest BCUT2D eigenvalue weighted by atomic mass is 10.1. The van der Waals surface area contributed by atoms with Crippen LogP contribution in [-0.2, 0) is 4.74 Å². The molecule has 0 spiro atoms. The predicted molar refractivity (Wildman–Crippen MR) is 87.2 cm³/mol. The van der Waals surface area contributed by atoms with E-state index in [4.69, 9.17) is 4.74 Å². The molecule has 3 rings (SSSR count). The highest BCUT2D eigenvalue weighted by molar-refractivity contribution is 5.74. The molecule has 2 fully saturated rings. The molecule has 1 aromatic rings. The van der Waals surface area contributed by atoms with E-state index >= 15 is 0 Å². The number of urea groups is 1. The maximum atomic E-state index is 12.1. The summed E-state index contributed by atoms with van der Waals surface area (Å²) in [5, 5.41) is 6.19. The number of nitrogens with one attached hydrogen (secondary N) is 2. The third-order valence-corrected chi connectivity index (χ3v) is 4.55. The quantitative estimate of drug-likeness (QED) is 0.899. The zero-order chi connectivity index (χ0) is 15.4. The molecule has 2 aliphatic heterocycles. The van der Waals surface area contributed by atoms with Crippen LogP contribution < -0.4 is 15.5 Å². The molecule has 0 saturated carbocycles. The van der Waals surface area contributed by atoms with E-state index < -0.39 is 0 Å². The summed E-state index contributed by atoms with van der Waals surface area (Å²) in [5.74, 6) is 0. The molecule has 2 amide bonds. The van der Waals surface area contributed by atoms with Crippen LogP contribution >= 0.6 is 0 Å². The van der Waals surface area contributed by atoms with Crippen LogP contribution in [0.15, 0.2) is 30.3 Å². The van der Waals surface area contributed by atoms with Crippen LogP contribution in [0.3, 0.4) is 0 Å². The van der Waals surface area contributed by atoms with E-state index in [0.717, 1.165) is 39.0 Å². The van der Waals surface area contributed by atoms with Crippen LogP contribution in [0.1, 0.15) is 26.2 Å². The van der Waals surface area contributed by atoms with Crippen molar-refractivity contribution in [3.05, 3.63) is 30.3 Å².